The number of hydrogen-bond donors (Lipinski definition) is 1. The first kappa shape index (κ1) is 20.1. The van der Waals surface area contributed by atoms with Crippen LogP contribution in [-0.2, 0) is 16.1 Å². The van der Waals surface area contributed by atoms with Gasteiger partial charge in [0.1, 0.15) is 11.5 Å². The van der Waals surface area contributed by atoms with E-state index in [4.69, 9.17) is 9.47 Å². The summed E-state index contributed by atoms with van der Waals surface area (Å²) in [5.74, 6) is 0.902. The van der Waals surface area contributed by atoms with Gasteiger partial charge in [-0.3, -0.25) is 9.59 Å². The minimum absolute atomic E-state index is 0.109. The van der Waals surface area contributed by atoms with Crippen molar-refractivity contribution in [2.45, 2.75) is 32.7 Å². The Hall–Kier alpha value is -2.61. The van der Waals surface area contributed by atoms with Crippen LogP contribution in [0.4, 0.5) is 5.69 Å². The Balaban J connectivity index is 1.66. The number of rotatable bonds is 7. The second kappa shape index (κ2) is 8.60. The molecule has 8 heteroatoms. The first-order valence-corrected chi connectivity index (χ1v) is 10.0. The van der Waals surface area contributed by atoms with Crippen molar-refractivity contribution in [1.29, 1.82) is 0 Å². The summed E-state index contributed by atoms with van der Waals surface area (Å²) >= 11 is 1.60. The highest BCUT2D eigenvalue weighted by Crippen LogP contribution is 2.36. The number of anilines is 1. The van der Waals surface area contributed by atoms with Crippen LogP contribution < -0.4 is 19.7 Å². The fourth-order valence-electron chi connectivity index (χ4n) is 3.11. The van der Waals surface area contributed by atoms with Crippen LogP contribution in [0.1, 0.15) is 36.9 Å². The van der Waals surface area contributed by atoms with E-state index in [1.54, 1.807) is 48.7 Å². The third kappa shape index (κ3) is 4.27. The summed E-state index contributed by atoms with van der Waals surface area (Å²) in [6, 6.07) is 5.27. The molecule has 1 N–H and O–H groups in total. The van der Waals surface area contributed by atoms with Crippen molar-refractivity contribution >= 4 is 28.8 Å². The molecular formula is C20H25N3O4S. The van der Waals surface area contributed by atoms with Crippen molar-refractivity contribution in [2.75, 3.05) is 25.7 Å². The summed E-state index contributed by atoms with van der Waals surface area (Å²) in [6.07, 6.45) is 0.167. The number of aromatic nitrogens is 1. The van der Waals surface area contributed by atoms with E-state index in [-0.39, 0.29) is 18.2 Å². The standard InChI is InChI=1S/C20H25N3O4S/c1-12(2)20-22-14(11-28-20)9-21-19(25)13-7-18(24)23(10-13)16-8-15(26-3)5-6-17(16)27-4/h5-6,8,11-13H,7,9-10H2,1-4H3,(H,21,25). The molecule has 28 heavy (non-hydrogen) atoms. The van der Waals surface area contributed by atoms with Crippen molar-refractivity contribution in [3.63, 3.8) is 0 Å². The molecule has 1 unspecified atom stereocenters. The van der Waals surface area contributed by atoms with Crippen molar-refractivity contribution in [1.82, 2.24) is 10.3 Å². The van der Waals surface area contributed by atoms with Crippen LogP contribution in [0, 0.1) is 5.92 Å². The van der Waals surface area contributed by atoms with Crippen LogP contribution >= 0.6 is 11.3 Å². The molecule has 2 aromatic rings. The van der Waals surface area contributed by atoms with E-state index >= 15 is 0 Å². The molecule has 1 aliphatic rings. The number of nitrogens with zero attached hydrogens (tertiary/aromatic N) is 2. The van der Waals surface area contributed by atoms with Gasteiger partial charge in [-0.05, 0) is 12.1 Å². The number of amides is 2. The number of thiazole rings is 1. The molecule has 1 aliphatic heterocycles. The molecule has 1 aromatic heterocycles. The Morgan fingerprint density at radius 3 is 2.79 bits per heavy atom. The zero-order chi connectivity index (χ0) is 20.3. The zero-order valence-corrected chi connectivity index (χ0v) is 17.3. The summed E-state index contributed by atoms with van der Waals surface area (Å²) in [5.41, 5.74) is 1.46. The highest BCUT2D eigenvalue weighted by molar-refractivity contribution is 7.09. The predicted octanol–water partition coefficient (Wildman–Crippen LogP) is 2.95. The van der Waals surface area contributed by atoms with Gasteiger partial charge in [0.05, 0.1) is 43.1 Å². The Bertz CT molecular complexity index is 865. The highest BCUT2D eigenvalue weighted by atomic mass is 32.1. The van der Waals surface area contributed by atoms with Crippen LogP contribution in [0.5, 0.6) is 11.5 Å². The highest BCUT2D eigenvalue weighted by Gasteiger charge is 2.36. The lowest BCUT2D eigenvalue weighted by atomic mass is 10.1. The van der Waals surface area contributed by atoms with E-state index in [0.717, 1.165) is 10.7 Å². The average molecular weight is 404 g/mol. The topological polar surface area (TPSA) is 80.8 Å². The Labute approximate surface area is 168 Å². The molecule has 150 valence electrons. The summed E-state index contributed by atoms with van der Waals surface area (Å²) in [4.78, 5) is 31.2. The van der Waals surface area contributed by atoms with Gasteiger partial charge in [0.15, 0.2) is 0 Å². The van der Waals surface area contributed by atoms with E-state index in [1.165, 1.54) is 0 Å². The molecule has 0 aliphatic carbocycles. The normalized spacial score (nSPS) is 16.5. The van der Waals surface area contributed by atoms with Gasteiger partial charge in [-0.15, -0.1) is 11.3 Å². The quantitative estimate of drug-likeness (QED) is 0.769. The van der Waals surface area contributed by atoms with Gasteiger partial charge >= 0.3 is 0 Å². The summed E-state index contributed by atoms with van der Waals surface area (Å²) in [6.45, 7) is 4.86. The smallest absolute Gasteiger partial charge is 0.227 e. The molecule has 1 atom stereocenters. The maximum Gasteiger partial charge on any atom is 0.227 e. The van der Waals surface area contributed by atoms with Gasteiger partial charge < -0.3 is 19.7 Å². The van der Waals surface area contributed by atoms with E-state index in [1.807, 2.05) is 5.38 Å². The number of hydrogen-bond acceptors (Lipinski definition) is 6. The van der Waals surface area contributed by atoms with Gasteiger partial charge in [-0.25, -0.2) is 4.98 Å². The maximum absolute atomic E-state index is 12.6. The molecule has 0 radical (unpaired) electrons. The lowest BCUT2D eigenvalue weighted by molar-refractivity contribution is -0.126. The van der Waals surface area contributed by atoms with Gasteiger partial charge in [-0.1, -0.05) is 13.8 Å². The molecule has 2 amide bonds. The number of nitrogens with one attached hydrogen (secondary N) is 1. The predicted molar refractivity (Wildman–Crippen MR) is 108 cm³/mol. The van der Waals surface area contributed by atoms with Crippen molar-refractivity contribution in [2.24, 2.45) is 5.92 Å². The Kier molecular flexibility index (Phi) is 6.18. The van der Waals surface area contributed by atoms with Crippen LogP contribution in [0.25, 0.3) is 0 Å². The summed E-state index contributed by atoms with van der Waals surface area (Å²) in [5, 5.41) is 5.92. The summed E-state index contributed by atoms with van der Waals surface area (Å²) < 4.78 is 10.6. The van der Waals surface area contributed by atoms with E-state index in [9.17, 15) is 9.59 Å². The molecule has 3 rings (SSSR count). The van der Waals surface area contributed by atoms with Crippen molar-refractivity contribution < 1.29 is 19.1 Å². The first-order valence-electron chi connectivity index (χ1n) is 9.17. The third-order valence-corrected chi connectivity index (χ3v) is 5.87. The van der Waals surface area contributed by atoms with Gasteiger partial charge in [0.25, 0.3) is 0 Å². The van der Waals surface area contributed by atoms with Gasteiger partial charge in [-0.2, -0.15) is 0 Å². The zero-order valence-electron chi connectivity index (χ0n) is 16.5. The number of carbonyl (C=O) groups excluding carboxylic acids is 2. The molecule has 1 saturated heterocycles. The first-order chi connectivity index (χ1) is 13.4. The fraction of sp³-hybridized carbons (Fsp3) is 0.450. The number of ether oxygens (including phenoxy) is 2. The minimum atomic E-state index is -0.411. The largest absolute Gasteiger partial charge is 0.497 e. The third-order valence-electron chi connectivity index (χ3n) is 4.68. The lowest BCUT2D eigenvalue weighted by Gasteiger charge is -2.20. The number of methoxy groups -OCH3 is 2. The van der Waals surface area contributed by atoms with Crippen molar-refractivity contribution in [3.8, 4) is 11.5 Å². The molecule has 0 saturated carbocycles. The summed E-state index contributed by atoms with van der Waals surface area (Å²) in [7, 11) is 3.12. The van der Waals surface area contributed by atoms with E-state index < -0.39 is 5.92 Å². The maximum atomic E-state index is 12.6. The monoisotopic (exact) mass is 403 g/mol. The van der Waals surface area contributed by atoms with Gasteiger partial charge in [0.2, 0.25) is 11.8 Å². The molecular weight excluding hydrogens is 378 g/mol. The molecule has 2 heterocycles. The van der Waals surface area contributed by atoms with E-state index in [0.29, 0.717) is 36.2 Å². The van der Waals surface area contributed by atoms with Crippen LogP contribution in [0.2, 0.25) is 0 Å². The average Bonchev–Trinajstić information content (AvgIpc) is 3.32. The van der Waals surface area contributed by atoms with Crippen LogP contribution in [0.15, 0.2) is 23.6 Å². The molecule has 7 nitrogen and oxygen atoms in total. The molecule has 0 spiro atoms. The number of benzene rings is 1. The Morgan fingerprint density at radius 1 is 1.36 bits per heavy atom. The van der Waals surface area contributed by atoms with Gasteiger partial charge in [0, 0.05) is 30.3 Å². The lowest BCUT2D eigenvalue weighted by Crippen LogP contribution is -2.32. The van der Waals surface area contributed by atoms with Crippen molar-refractivity contribution in [3.05, 3.63) is 34.3 Å². The number of carbonyl (C=O) groups is 2. The molecule has 0 bridgehead atoms. The second-order valence-corrected chi connectivity index (χ2v) is 7.88. The SMILES string of the molecule is COc1ccc(OC)c(N2CC(C(=O)NCc3csc(C(C)C)n3)CC2=O)c1. The second-order valence-electron chi connectivity index (χ2n) is 6.99. The van der Waals surface area contributed by atoms with Crippen LogP contribution in [-0.4, -0.2) is 37.6 Å². The van der Waals surface area contributed by atoms with Crippen LogP contribution in [0.3, 0.4) is 0 Å². The minimum Gasteiger partial charge on any atom is -0.497 e. The molecule has 1 fully saturated rings. The van der Waals surface area contributed by atoms with E-state index in [2.05, 4.69) is 24.1 Å². The fourth-order valence-corrected chi connectivity index (χ4v) is 3.95. The molecule has 1 aromatic carbocycles. The Morgan fingerprint density at radius 2 is 2.14 bits per heavy atom.